The van der Waals surface area contributed by atoms with Crippen molar-refractivity contribution in [2.24, 2.45) is 0 Å². The summed E-state index contributed by atoms with van der Waals surface area (Å²) in [6.07, 6.45) is 2.16. The van der Waals surface area contributed by atoms with Gasteiger partial charge in [0.25, 0.3) is 0 Å². The topological polar surface area (TPSA) is 0 Å². The second-order valence-corrected chi connectivity index (χ2v) is 6.97. The van der Waals surface area contributed by atoms with E-state index in [9.17, 15) is 0 Å². The molecule has 2 aromatic rings. The molecule has 0 fully saturated rings. The molecule has 0 aliphatic heterocycles. The number of rotatable bonds is 2. The molecule has 0 heterocycles. The van der Waals surface area contributed by atoms with Crippen LogP contribution in [0.25, 0.3) is 5.57 Å². The van der Waals surface area contributed by atoms with Crippen molar-refractivity contribution in [2.75, 3.05) is 5.88 Å². The van der Waals surface area contributed by atoms with Gasteiger partial charge in [-0.15, -0.1) is 11.6 Å². The van der Waals surface area contributed by atoms with Crippen LogP contribution in [-0.4, -0.2) is 5.88 Å². The average Bonchev–Trinajstić information content (AvgIpc) is 2.74. The molecule has 0 spiro atoms. The molecular weight excluding hydrogens is 346 g/mol. The number of hydrogen-bond acceptors (Lipinski definition) is 0. The lowest BCUT2D eigenvalue weighted by molar-refractivity contribution is 0.691. The standard InChI is InChI=1S/C17H12Cl4/c1-17(9-18)8-13(10-2-4-11(19)5-3-10)16-14(17)6-12(20)7-15(16)21/h2-8H,9H2,1H3/t17-/m1/s1. The third-order valence-electron chi connectivity index (χ3n) is 3.84. The molecule has 0 saturated heterocycles. The molecule has 4 heteroatoms. The smallest absolute Gasteiger partial charge is 0.0502 e. The van der Waals surface area contributed by atoms with E-state index in [4.69, 9.17) is 46.4 Å². The minimum atomic E-state index is -0.277. The van der Waals surface area contributed by atoms with Crippen LogP contribution in [-0.2, 0) is 5.41 Å². The fraction of sp³-hybridized carbons (Fsp3) is 0.176. The van der Waals surface area contributed by atoms with E-state index < -0.39 is 0 Å². The molecule has 1 atom stereocenters. The van der Waals surface area contributed by atoms with E-state index in [1.807, 2.05) is 30.3 Å². The predicted octanol–water partition coefficient (Wildman–Crippen LogP) is 6.59. The second-order valence-electron chi connectivity index (χ2n) is 5.43. The highest BCUT2D eigenvalue weighted by Crippen LogP contribution is 2.48. The third kappa shape index (κ3) is 2.59. The minimum Gasteiger partial charge on any atom is -0.125 e. The summed E-state index contributed by atoms with van der Waals surface area (Å²) in [5.41, 5.74) is 3.94. The fourth-order valence-electron chi connectivity index (χ4n) is 2.73. The quantitative estimate of drug-likeness (QED) is 0.532. The molecule has 0 amide bonds. The highest BCUT2D eigenvalue weighted by molar-refractivity contribution is 6.36. The summed E-state index contributed by atoms with van der Waals surface area (Å²) in [7, 11) is 0. The van der Waals surface area contributed by atoms with Crippen molar-refractivity contribution < 1.29 is 0 Å². The maximum absolute atomic E-state index is 6.44. The lowest BCUT2D eigenvalue weighted by Gasteiger charge is -2.21. The molecule has 0 bridgehead atoms. The largest absolute Gasteiger partial charge is 0.125 e. The third-order valence-corrected chi connectivity index (χ3v) is 5.16. The Hall–Kier alpha value is -0.660. The maximum atomic E-state index is 6.44. The van der Waals surface area contributed by atoms with E-state index >= 15 is 0 Å². The van der Waals surface area contributed by atoms with Gasteiger partial charge in [0.05, 0.1) is 5.02 Å². The summed E-state index contributed by atoms with van der Waals surface area (Å²) in [5, 5.41) is 1.98. The Morgan fingerprint density at radius 1 is 0.952 bits per heavy atom. The van der Waals surface area contributed by atoms with Crippen molar-refractivity contribution in [1.29, 1.82) is 0 Å². The molecular formula is C17H12Cl4. The van der Waals surface area contributed by atoms with Gasteiger partial charge in [0.2, 0.25) is 0 Å². The first-order valence-electron chi connectivity index (χ1n) is 6.49. The van der Waals surface area contributed by atoms with Gasteiger partial charge in [-0.1, -0.05) is 59.9 Å². The second kappa shape index (κ2) is 5.52. The first-order valence-corrected chi connectivity index (χ1v) is 8.16. The van der Waals surface area contributed by atoms with Gasteiger partial charge in [-0.25, -0.2) is 0 Å². The molecule has 1 aliphatic rings. The predicted molar refractivity (Wildman–Crippen MR) is 93.1 cm³/mol. The number of benzene rings is 2. The Morgan fingerprint density at radius 3 is 2.24 bits per heavy atom. The summed E-state index contributed by atoms with van der Waals surface area (Å²) in [5.74, 6) is 0.466. The van der Waals surface area contributed by atoms with E-state index in [1.54, 1.807) is 6.07 Å². The van der Waals surface area contributed by atoms with Crippen LogP contribution in [0.1, 0.15) is 23.6 Å². The van der Waals surface area contributed by atoms with Crippen molar-refractivity contribution in [1.82, 2.24) is 0 Å². The van der Waals surface area contributed by atoms with Gasteiger partial charge in [0, 0.05) is 26.9 Å². The summed E-state index contributed by atoms with van der Waals surface area (Å²) in [6, 6.07) is 11.4. The summed E-state index contributed by atoms with van der Waals surface area (Å²) >= 11 is 24.8. The van der Waals surface area contributed by atoms with Gasteiger partial charge in [-0.2, -0.15) is 0 Å². The molecule has 0 saturated carbocycles. The molecule has 0 N–H and O–H groups in total. The Bertz CT molecular complexity index is 731. The van der Waals surface area contributed by atoms with Crippen LogP contribution in [0.4, 0.5) is 0 Å². The van der Waals surface area contributed by atoms with Crippen LogP contribution < -0.4 is 0 Å². The van der Waals surface area contributed by atoms with E-state index in [0.29, 0.717) is 20.9 Å². The Balaban J connectivity index is 2.25. The van der Waals surface area contributed by atoms with E-state index in [0.717, 1.165) is 22.3 Å². The van der Waals surface area contributed by atoms with Gasteiger partial charge in [0.1, 0.15) is 0 Å². The summed E-state index contributed by atoms with van der Waals surface area (Å²) in [6.45, 7) is 2.09. The van der Waals surface area contributed by atoms with Crippen LogP contribution in [0.15, 0.2) is 42.5 Å². The maximum Gasteiger partial charge on any atom is 0.0502 e. The van der Waals surface area contributed by atoms with Crippen LogP contribution in [0.5, 0.6) is 0 Å². The van der Waals surface area contributed by atoms with Crippen molar-refractivity contribution in [3.05, 3.63) is 74.2 Å². The van der Waals surface area contributed by atoms with E-state index in [2.05, 4.69) is 13.0 Å². The monoisotopic (exact) mass is 356 g/mol. The fourth-order valence-corrected chi connectivity index (χ4v) is 3.68. The molecule has 0 radical (unpaired) electrons. The number of fused-ring (bicyclic) bond motifs is 1. The molecule has 0 aromatic heterocycles. The van der Waals surface area contributed by atoms with Gasteiger partial charge in [-0.05, 0) is 41.0 Å². The molecule has 108 valence electrons. The summed E-state index contributed by atoms with van der Waals surface area (Å²) < 4.78 is 0. The number of hydrogen-bond donors (Lipinski definition) is 0. The Kier molecular flexibility index (Phi) is 4.00. The van der Waals surface area contributed by atoms with Crippen LogP contribution in [0, 0.1) is 0 Å². The highest BCUT2D eigenvalue weighted by Gasteiger charge is 2.35. The molecule has 21 heavy (non-hydrogen) atoms. The molecule has 0 unspecified atom stereocenters. The zero-order valence-electron chi connectivity index (χ0n) is 11.3. The average molecular weight is 358 g/mol. The number of alkyl halides is 1. The first kappa shape index (κ1) is 15.2. The number of allylic oxidation sites excluding steroid dienone is 1. The van der Waals surface area contributed by atoms with Crippen LogP contribution in [0.2, 0.25) is 15.1 Å². The van der Waals surface area contributed by atoms with Crippen molar-refractivity contribution in [3.63, 3.8) is 0 Å². The van der Waals surface area contributed by atoms with E-state index in [1.165, 1.54) is 0 Å². The van der Waals surface area contributed by atoms with Crippen LogP contribution in [0.3, 0.4) is 0 Å². The van der Waals surface area contributed by atoms with Crippen molar-refractivity contribution in [3.8, 4) is 0 Å². The lowest BCUT2D eigenvalue weighted by atomic mass is 9.87. The van der Waals surface area contributed by atoms with Crippen molar-refractivity contribution >= 4 is 52.0 Å². The summed E-state index contributed by atoms with van der Waals surface area (Å²) in [4.78, 5) is 0. The van der Waals surface area contributed by atoms with Gasteiger partial charge in [0.15, 0.2) is 0 Å². The molecule has 0 nitrogen and oxygen atoms in total. The molecule has 2 aromatic carbocycles. The SMILES string of the molecule is C[C@]1(CCl)C=C(c2ccc(Cl)cc2)c2c(Cl)cc(Cl)cc21. The molecule has 1 aliphatic carbocycles. The zero-order valence-corrected chi connectivity index (χ0v) is 14.3. The minimum absolute atomic E-state index is 0.277. The van der Waals surface area contributed by atoms with Crippen LogP contribution >= 0.6 is 46.4 Å². The highest BCUT2D eigenvalue weighted by atomic mass is 35.5. The van der Waals surface area contributed by atoms with Gasteiger partial charge in [-0.3, -0.25) is 0 Å². The van der Waals surface area contributed by atoms with E-state index in [-0.39, 0.29) is 5.41 Å². The normalized spacial score (nSPS) is 20.3. The van der Waals surface area contributed by atoms with Gasteiger partial charge < -0.3 is 0 Å². The first-order chi connectivity index (χ1) is 9.94. The molecule has 3 rings (SSSR count). The Labute approximate surface area is 144 Å². The number of halogens is 4. The lowest BCUT2D eigenvalue weighted by Crippen LogP contribution is -2.18. The Morgan fingerprint density at radius 2 is 1.62 bits per heavy atom. The zero-order chi connectivity index (χ0) is 15.2. The van der Waals surface area contributed by atoms with Gasteiger partial charge >= 0.3 is 0 Å². The van der Waals surface area contributed by atoms with Crippen molar-refractivity contribution in [2.45, 2.75) is 12.3 Å².